The number of ether oxygens (including phenoxy) is 1. The molecule has 1 amide bonds. The molecule has 2 heterocycles. The third-order valence-electron chi connectivity index (χ3n) is 4.49. The lowest BCUT2D eigenvalue weighted by Crippen LogP contribution is -2.39. The van der Waals surface area contributed by atoms with Crippen LogP contribution in [0.2, 0.25) is 0 Å². The summed E-state index contributed by atoms with van der Waals surface area (Å²) in [6.07, 6.45) is 0.528. The van der Waals surface area contributed by atoms with Crippen LogP contribution < -0.4 is 11.1 Å². The number of amides is 1. The zero-order chi connectivity index (χ0) is 16.6. The summed E-state index contributed by atoms with van der Waals surface area (Å²) < 4.78 is 32.4. The summed E-state index contributed by atoms with van der Waals surface area (Å²) in [5.74, 6) is -0.286. The van der Waals surface area contributed by atoms with E-state index in [4.69, 9.17) is 10.5 Å². The summed E-state index contributed by atoms with van der Waals surface area (Å²) in [5.41, 5.74) is 5.69. The fourth-order valence-electron chi connectivity index (χ4n) is 3.32. The SMILES string of the molecule is C.C.C[C@]1(c2cc(NC=O)ccc2F)N=C(N)CS(=O)[C@H]2COCC21. The van der Waals surface area contributed by atoms with Crippen LogP contribution in [0.5, 0.6) is 0 Å². The van der Waals surface area contributed by atoms with Crippen LogP contribution in [-0.4, -0.2) is 40.7 Å². The number of benzene rings is 1. The van der Waals surface area contributed by atoms with Gasteiger partial charge >= 0.3 is 0 Å². The van der Waals surface area contributed by atoms with Gasteiger partial charge in [0.2, 0.25) is 6.41 Å². The van der Waals surface area contributed by atoms with E-state index in [1.807, 2.05) is 0 Å². The Labute approximate surface area is 150 Å². The van der Waals surface area contributed by atoms with Crippen LogP contribution in [0, 0.1) is 11.7 Å². The number of nitrogens with one attached hydrogen (secondary N) is 1. The summed E-state index contributed by atoms with van der Waals surface area (Å²) in [5, 5.41) is 2.26. The van der Waals surface area contributed by atoms with Crippen molar-refractivity contribution in [1.29, 1.82) is 0 Å². The average Bonchev–Trinajstić information content (AvgIpc) is 2.96. The lowest BCUT2D eigenvalue weighted by atomic mass is 9.78. The van der Waals surface area contributed by atoms with Crippen molar-refractivity contribution in [2.75, 3.05) is 24.3 Å². The number of fused-ring (bicyclic) bond motifs is 1. The highest BCUT2D eigenvalue weighted by Crippen LogP contribution is 2.43. The van der Waals surface area contributed by atoms with Gasteiger partial charge in [-0.3, -0.25) is 14.0 Å². The summed E-state index contributed by atoms with van der Waals surface area (Å²) in [6.45, 7) is 2.47. The maximum atomic E-state index is 14.5. The number of halogens is 1. The van der Waals surface area contributed by atoms with Gasteiger partial charge in [0, 0.05) is 28.0 Å². The summed E-state index contributed by atoms with van der Waals surface area (Å²) in [4.78, 5) is 15.1. The van der Waals surface area contributed by atoms with Crippen molar-refractivity contribution in [2.24, 2.45) is 16.6 Å². The van der Waals surface area contributed by atoms with Gasteiger partial charge in [0.25, 0.3) is 0 Å². The van der Waals surface area contributed by atoms with Gasteiger partial charge in [-0.25, -0.2) is 4.39 Å². The molecule has 0 aliphatic carbocycles. The van der Waals surface area contributed by atoms with Gasteiger partial charge in [0.05, 0.1) is 29.8 Å². The van der Waals surface area contributed by atoms with Gasteiger partial charge in [-0.1, -0.05) is 14.9 Å². The second kappa shape index (κ2) is 8.05. The molecule has 0 aromatic heterocycles. The first kappa shape index (κ1) is 21.2. The number of carbonyl (C=O) groups excluding carboxylic acids is 1. The number of aliphatic imine (C=N–C) groups is 1. The van der Waals surface area contributed by atoms with E-state index >= 15 is 0 Å². The number of nitrogens with two attached hydrogens (primary N) is 1. The fourth-order valence-corrected chi connectivity index (χ4v) is 4.84. The van der Waals surface area contributed by atoms with E-state index in [1.54, 1.807) is 13.0 Å². The zero-order valence-corrected chi connectivity index (χ0v) is 13.4. The highest BCUT2D eigenvalue weighted by Gasteiger charge is 2.49. The molecule has 3 N–H and O–H groups in total. The Bertz CT molecular complexity index is 698. The molecule has 140 valence electrons. The monoisotopic (exact) mass is 371 g/mol. The van der Waals surface area contributed by atoms with Crippen molar-refractivity contribution in [3.63, 3.8) is 0 Å². The van der Waals surface area contributed by atoms with E-state index in [0.29, 0.717) is 30.9 Å². The largest absolute Gasteiger partial charge is 0.387 e. The maximum Gasteiger partial charge on any atom is 0.211 e. The van der Waals surface area contributed by atoms with Crippen LogP contribution in [0.15, 0.2) is 23.2 Å². The Kier molecular flexibility index (Phi) is 6.84. The second-order valence-electron chi connectivity index (χ2n) is 5.91. The predicted octanol–water partition coefficient (Wildman–Crippen LogP) is 2.02. The van der Waals surface area contributed by atoms with Crippen LogP contribution in [-0.2, 0) is 25.9 Å². The van der Waals surface area contributed by atoms with Crippen molar-refractivity contribution >= 4 is 28.7 Å². The molecule has 0 saturated carbocycles. The molecular weight excluding hydrogens is 345 g/mol. The van der Waals surface area contributed by atoms with E-state index in [1.165, 1.54) is 12.1 Å². The van der Waals surface area contributed by atoms with Crippen LogP contribution in [0.25, 0.3) is 0 Å². The van der Waals surface area contributed by atoms with Crippen molar-refractivity contribution in [3.05, 3.63) is 29.6 Å². The van der Waals surface area contributed by atoms with Crippen molar-refractivity contribution < 1.29 is 18.1 Å². The molecule has 2 unspecified atom stereocenters. The maximum absolute atomic E-state index is 14.5. The fraction of sp³-hybridized carbons (Fsp3) is 0.529. The number of amidine groups is 1. The highest BCUT2D eigenvalue weighted by molar-refractivity contribution is 7.86. The van der Waals surface area contributed by atoms with E-state index in [-0.39, 0.29) is 37.6 Å². The minimum atomic E-state index is -1.20. The second-order valence-corrected chi connectivity index (χ2v) is 7.57. The van der Waals surface area contributed by atoms with Gasteiger partial charge in [-0.15, -0.1) is 0 Å². The number of carbonyl (C=O) groups is 1. The minimum Gasteiger partial charge on any atom is -0.387 e. The Morgan fingerprint density at radius 1 is 1.44 bits per heavy atom. The van der Waals surface area contributed by atoms with Gasteiger partial charge in [-0.05, 0) is 25.1 Å². The molecule has 2 aliphatic rings. The molecule has 0 radical (unpaired) electrons. The third kappa shape index (κ3) is 3.74. The Morgan fingerprint density at radius 3 is 2.84 bits per heavy atom. The minimum absolute atomic E-state index is 0. The van der Waals surface area contributed by atoms with Gasteiger partial charge < -0.3 is 15.8 Å². The molecule has 0 spiro atoms. The van der Waals surface area contributed by atoms with Gasteiger partial charge in [0.15, 0.2) is 0 Å². The van der Waals surface area contributed by atoms with E-state index in [0.717, 1.165) is 0 Å². The normalized spacial score (nSPS) is 30.8. The first-order chi connectivity index (χ1) is 11.0. The van der Waals surface area contributed by atoms with Crippen LogP contribution in [0.1, 0.15) is 27.3 Å². The Morgan fingerprint density at radius 2 is 2.16 bits per heavy atom. The molecule has 4 atom stereocenters. The first-order valence-electron chi connectivity index (χ1n) is 7.25. The molecule has 6 nitrogen and oxygen atoms in total. The number of hydrogen-bond donors (Lipinski definition) is 2. The lowest BCUT2D eigenvalue weighted by molar-refractivity contribution is -0.105. The molecule has 1 fully saturated rings. The molecule has 1 aromatic rings. The van der Waals surface area contributed by atoms with Crippen molar-refractivity contribution in [3.8, 4) is 0 Å². The highest BCUT2D eigenvalue weighted by atomic mass is 32.2. The van der Waals surface area contributed by atoms with Gasteiger partial charge in [-0.2, -0.15) is 0 Å². The smallest absolute Gasteiger partial charge is 0.211 e. The van der Waals surface area contributed by atoms with Crippen molar-refractivity contribution in [1.82, 2.24) is 0 Å². The molecule has 0 bridgehead atoms. The Hall–Kier alpha value is -1.80. The molecule has 25 heavy (non-hydrogen) atoms. The van der Waals surface area contributed by atoms with Gasteiger partial charge in [0.1, 0.15) is 11.7 Å². The molecular formula is C17H26FN3O3S. The Balaban J connectivity index is 0.00000156. The molecule has 8 heteroatoms. The van der Waals surface area contributed by atoms with Crippen LogP contribution >= 0.6 is 0 Å². The summed E-state index contributed by atoms with van der Waals surface area (Å²) in [7, 11) is -1.20. The molecule has 3 rings (SSSR count). The zero-order valence-electron chi connectivity index (χ0n) is 12.6. The predicted molar refractivity (Wildman–Crippen MR) is 99.6 cm³/mol. The molecule has 1 saturated heterocycles. The number of hydrogen-bond acceptors (Lipinski definition) is 5. The van der Waals surface area contributed by atoms with Crippen LogP contribution in [0.3, 0.4) is 0 Å². The topological polar surface area (TPSA) is 93.8 Å². The standard InChI is InChI=1S/C15H18FN3O3S.2CH4/c1-15(10-4-9(18-8-20)2-3-12(10)16)11-5-22-6-13(11)23(21)7-14(17)19-15;;/h2-4,8,11,13H,5-7H2,1H3,(H2,17,19)(H,18,20);2*1H4/t11?,13-,15+,23?;;/m0../s1. The van der Waals surface area contributed by atoms with Crippen molar-refractivity contribution in [2.45, 2.75) is 32.6 Å². The summed E-state index contributed by atoms with van der Waals surface area (Å²) >= 11 is 0. The first-order valence-corrected chi connectivity index (χ1v) is 8.63. The average molecular weight is 371 g/mol. The quantitative estimate of drug-likeness (QED) is 0.795. The van der Waals surface area contributed by atoms with E-state index in [2.05, 4.69) is 10.3 Å². The summed E-state index contributed by atoms with van der Waals surface area (Å²) in [6, 6.07) is 4.30. The number of nitrogens with zero attached hydrogens (tertiary/aromatic N) is 1. The number of anilines is 1. The van der Waals surface area contributed by atoms with E-state index in [9.17, 15) is 13.4 Å². The molecule has 1 aromatic carbocycles. The number of rotatable bonds is 3. The third-order valence-corrected chi connectivity index (χ3v) is 6.21. The molecule has 2 aliphatic heterocycles. The lowest BCUT2D eigenvalue weighted by Gasteiger charge is -2.33. The van der Waals surface area contributed by atoms with E-state index < -0.39 is 22.2 Å². The van der Waals surface area contributed by atoms with Crippen LogP contribution in [0.4, 0.5) is 10.1 Å².